The standard InChI is InChI=1S/C19H18N2O3/c1-12-17(15-8-3-4-9-16(15)21-12)18(22)19(23)20-11-13-6-5-7-14(10-13)24-2/h3-10,21H,11H2,1-2H3,(H,20,23). The number of nitrogens with one attached hydrogen (secondary N) is 2. The molecular weight excluding hydrogens is 304 g/mol. The number of ketones is 1. The van der Waals surface area contributed by atoms with Crippen LogP contribution in [-0.2, 0) is 11.3 Å². The van der Waals surface area contributed by atoms with Crippen molar-refractivity contribution in [2.75, 3.05) is 7.11 Å². The van der Waals surface area contributed by atoms with Crippen molar-refractivity contribution in [2.24, 2.45) is 0 Å². The van der Waals surface area contributed by atoms with Crippen LogP contribution in [0.2, 0.25) is 0 Å². The molecule has 0 unspecified atom stereocenters. The van der Waals surface area contributed by atoms with E-state index in [-0.39, 0.29) is 6.54 Å². The van der Waals surface area contributed by atoms with Gasteiger partial charge in [-0.3, -0.25) is 9.59 Å². The normalized spacial score (nSPS) is 10.6. The lowest BCUT2D eigenvalue weighted by Crippen LogP contribution is -2.30. The number of hydrogen-bond acceptors (Lipinski definition) is 3. The summed E-state index contributed by atoms with van der Waals surface area (Å²) in [4.78, 5) is 27.9. The second kappa shape index (κ2) is 6.58. The first kappa shape index (κ1) is 15.8. The van der Waals surface area contributed by atoms with Crippen LogP contribution in [0.15, 0.2) is 48.5 Å². The number of hydrogen-bond donors (Lipinski definition) is 2. The van der Waals surface area contributed by atoms with Crippen molar-refractivity contribution < 1.29 is 14.3 Å². The van der Waals surface area contributed by atoms with Crippen LogP contribution >= 0.6 is 0 Å². The van der Waals surface area contributed by atoms with E-state index in [0.29, 0.717) is 17.0 Å². The second-order valence-corrected chi connectivity index (χ2v) is 5.53. The molecule has 1 aromatic heterocycles. The van der Waals surface area contributed by atoms with Crippen molar-refractivity contribution in [3.63, 3.8) is 0 Å². The van der Waals surface area contributed by atoms with Gasteiger partial charge in [-0.05, 0) is 30.7 Å². The number of aromatic nitrogens is 1. The smallest absolute Gasteiger partial charge is 0.292 e. The highest BCUT2D eigenvalue weighted by Gasteiger charge is 2.22. The Bertz CT molecular complexity index is 912. The summed E-state index contributed by atoms with van der Waals surface area (Å²) in [6, 6.07) is 14.8. The molecule has 5 heteroatoms. The monoisotopic (exact) mass is 322 g/mol. The van der Waals surface area contributed by atoms with Gasteiger partial charge in [0.25, 0.3) is 11.7 Å². The Labute approximate surface area is 139 Å². The quantitative estimate of drug-likeness (QED) is 0.560. The Morgan fingerprint density at radius 1 is 1.12 bits per heavy atom. The number of benzene rings is 2. The fraction of sp³-hybridized carbons (Fsp3) is 0.158. The number of ether oxygens (including phenoxy) is 1. The van der Waals surface area contributed by atoms with Crippen molar-refractivity contribution in [3.05, 3.63) is 65.4 Å². The van der Waals surface area contributed by atoms with Gasteiger partial charge in [-0.2, -0.15) is 0 Å². The van der Waals surface area contributed by atoms with Crippen molar-refractivity contribution in [1.29, 1.82) is 0 Å². The molecule has 0 aliphatic heterocycles. The van der Waals surface area contributed by atoms with Crippen LogP contribution in [-0.4, -0.2) is 23.8 Å². The summed E-state index contributed by atoms with van der Waals surface area (Å²) in [6.07, 6.45) is 0. The molecule has 0 bridgehead atoms. The summed E-state index contributed by atoms with van der Waals surface area (Å²) in [6.45, 7) is 2.06. The summed E-state index contributed by atoms with van der Waals surface area (Å²) in [7, 11) is 1.58. The predicted octanol–water partition coefficient (Wildman–Crippen LogP) is 2.98. The Kier molecular flexibility index (Phi) is 4.33. The third kappa shape index (κ3) is 3.01. The molecule has 1 amide bonds. The van der Waals surface area contributed by atoms with Crippen LogP contribution in [0, 0.1) is 6.92 Å². The van der Waals surface area contributed by atoms with Gasteiger partial charge in [0.15, 0.2) is 0 Å². The Morgan fingerprint density at radius 2 is 1.92 bits per heavy atom. The van der Waals surface area contributed by atoms with E-state index in [1.807, 2.05) is 48.5 Å². The van der Waals surface area contributed by atoms with E-state index < -0.39 is 11.7 Å². The Morgan fingerprint density at radius 3 is 2.71 bits per heavy atom. The number of fused-ring (bicyclic) bond motifs is 1. The molecule has 0 aliphatic carbocycles. The molecule has 0 radical (unpaired) electrons. The number of carbonyl (C=O) groups excluding carboxylic acids is 2. The molecule has 24 heavy (non-hydrogen) atoms. The van der Waals surface area contributed by atoms with E-state index in [2.05, 4.69) is 10.3 Å². The van der Waals surface area contributed by atoms with Crippen molar-refractivity contribution in [2.45, 2.75) is 13.5 Å². The molecule has 122 valence electrons. The van der Waals surface area contributed by atoms with Crippen LogP contribution in [0.4, 0.5) is 0 Å². The number of methoxy groups -OCH3 is 1. The molecule has 0 fully saturated rings. The van der Waals surface area contributed by atoms with Crippen LogP contribution < -0.4 is 10.1 Å². The third-order valence-electron chi connectivity index (χ3n) is 3.91. The largest absolute Gasteiger partial charge is 0.497 e. The zero-order valence-corrected chi connectivity index (χ0v) is 13.6. The summed E-state index contributed by atoms with van der Waals surface area (Å²) >= 11 is 0. The molecular formula is C19H18N2O3. The summed E-state index contributed by atoms with van der Waals surface area (Å²) in [5.74, 6) is -0.445. The minimum atomic E-state index is -0.620. The van der Waals surface area contributed by atoms with E-state index in [4.69, 9.17) is 4.74 Å². The van der Waals surface area contributed by atoms with Crippen molar-refractivity contribution >= 4 is 22.6 Å². The lowest BCUT2D eigenvalue weighted by Gasteiger charge is -2.06. The minimum absolute atomic E-state index is 0.267. The lowest BCUT2D eigenvalue weighted by molar-refractivity contribution is -0.117. The number of carbonyl (C=O) groups is 2. The number of amides is 1. The zero-order valence-electron chi connectivity index (χ0n) is 13.6. The van der Waals surface area contributed by atoms with Gasteiger partial charge in [0.1, 0.15) is 5.75 Å². The number of aryl methyl sites for hydroxylation is 1. The van der Waals surface area contributed by atoms with E-state index in [0.717, 1.165) is 16.5 Å². The number of Topliss-reactive ketones (excluding diaryl/α,β-unsaturated/α-hetero) is 1. The van der Waals surface area contributed by atoms with Crippen LogP contribution in [0.5, 0.6) is 5.75 Å². The first-order valence-corrected chi connectivity index (χ1v) is 7.63. The van der Waals surface area contributed by atoms with Gasteiger partial charge in [0.2, 0.25) is 0 Å². The van der Waals surface area contributed by atoms with Crippen molar-refractivity contribution in [3.8, 4) is 5.75 Å². The molecule has 3 aromatic rings. The maximum absolute atomic E-state index is 12.5. The molecule has 0 saturated heterocycles. The molecule has 0 spiro atoms. The van der Waals surface area contributed by atoms with Gasteiger partial charge in [-0.1, -0.05) is 30.3 Å². The first-order chi connectivity index (χ1) is 11.6. The summed E-state index contributed by atoms with van der Waals surface area (Å²) < 4.78 is 5.15. The highest BCUT2D eigenvalue weighted by molar-refractivity contribution is 6.45. The fourth-order valence-corrected chi connectivity index (χ4v) is 2.73. The van der Waals surface area contributed by atoms with Gasteiger partial charge in [0, 0.05) is 23.1 Å². The lowest BCUT2D eigenvalue weighted by atomic mass is 10.1. The average Bonchev–Trinajstić information content (AvgIpc) is 2.94. The van der Waals surface area contributed by atoms with Gasteiger partial charge >= 0.3 is 0 Å². The highest BCUT2D eigenvalue weighted by atomic mass is 16.5. The van der Waals surface area contributed by atoms with Gasteiger partial charge < -0.3 is 15.0 Å². The minimum Gasteiger partial charge on any atom is -0.497 e. The molecule has 0 atom stereocenters. The Balaban J connectivity index is 1.77. The van der Waals surface area contributed by atoms with Crippen LogP contribution in [0.3, 0.4) is 0 Å². The summed E-state index contributed by atoms with van der Waals surface area (Å²) in [5, 5.41) is 3.43. The van der Waals surface area contributed by atoms with Gasteiger partial charge in [-0.25, -0.2) is 0 Å². The molecule has 1 heterocycles. The van der Waals surface area contributed by atoms with Gasteiger partial charge in [-0.15, -0.1) is 0 Å². The fourth-order valence-electron chi connectivity index (χ4n) is 2.73. The maximum Gasteiger partial charge on any atom is 0.292 e. The van der Waals surface area contributed by atoms with E-state index in [1.54, 1.807) is 14.0 Å². The molecule has 3 rings (SSSR count). The van der Waals surface area contributed by atoms with Crippen molar-refractivity contribution in [1.82, 2.24) is 10.3 Å². The molecule has 2 aromatic carbocycles. The number of aromatic amines is 1. The molecule has 0 saturated carbocycles. The molecule has 5 nitrogen and oxygen atoms in total. The average molecular weight is 322 g/mol. The number of para-hydroxylation sites is 1. The molecule has 0 aliphatic rings. The first-order valence-electron chi connectivity index (χ1n) is 7.63. The third-order valence-corrected chi connectivity index (χ3v) is 3.91. The number of rotatable bonds is 5. The summed E-state index contributed by atoms with van der Waals surface area (Å²) in [5.41, 5.74) is 2.83. The second-order valence-electron chi connectivity index (χ2n) is 5.53. The van der Waals surface area contributed by atoms with Gasteiger partial charge in [0.05, 0.1) is 12.7 Å². The van der Waals surface area contributed by atoms with E-state index >= 15 is 0 Å². The number of H-pyrrole nitrogens is 1. The van der Waals surface area contributed by atoms with E-state index in [9.17, 15) is 9.59 Å². The van der Waals surface area contributed by atoms with Crippen LogP contribution in [0.1, 0.15) is 21.6 Å². The molecule has 2 N–H and O–H groups in total. The Hall–Kier alpha value is -3.08. The zero-order chi connectivity index (χ0) is 17.1. The van der Waals surface area contributed by atoms with Crippen LogP contribution in [0.25, 0.3) is 10.9 Å². The predicted molar refractivity (Wildman–Crippen MR) is 92.2 cm³/mol. The highest BCUT2D eigenvalue weighted by Crippen LogP contribution is 2.22. The maximum atomic E-state index is 12.5. The topological polar surface area (TPSA) is 71.2 Å². The SMILES string of the molecule is COc1cccc(CNC(=O)C(=O)c2c(C)[nH]c3ccccc23)c1. The van der Waals surface area contributed by atoms with E-state index in [1.165, 1.54) is 0 Å².